The van der Waals surface area contributed by atoms with Gasteiger partial charge in [0.2, 0.25) is 5.95 Å². The molecule has 26 heavy (non-hydrogen) atoms. The van der Waals surface area contributed by atoms with Gasteiger partial charge in [0.15, 0.2) is 5.82 Å². The Hall–Kier alpha value is -2.35. The SMILES string of the molecule is CC(C)Nc1nc(N(C)Cc2ccccc2C(F)(F)F)c2sccc2n1. The van der Waals surface area contributed by atoms with Crippen LogP contribution in [0.4, 0.5) is 24.9 Å². The van der Waals surface area contributed by atoms with E-state index in [1.165, 1.54) is 23.5 Å². The Kier molecular flexibility index (Phi) is 5.04. The molecular formula is C18H19F3N4S. The van der Waals surface area contributed by atoms with Crippen LogP contribution in [-0.2, 0) is 12.7 Å². The fourth-order valence-corrected chi connectivity index (χ4v) is 3.57. The lowest BCUT2D eigenvalue weighted by Gasteiger charge is -2.22. The number of halogens is 3. The van der Waals surface area contributed by atoms with Gasteiger partial charge in [-0.3, -0.25) is 0 Å². The van der Waals surface area contributed by atoms with E-state index in [0.29, 0.717) is 11.8 Å². The summed E-state index contributed by atoms with van der Waals surface area (Å²) in [5.41, 5.74) is 0.368. The van der Waals surface area contributed by atoms with Gasteiger partial charge in [-0.05, 0) is 36.9 Å². The molecule has 0 unspecified atom stereocenters. The van der Waals surface area contributed by atoms with Crippen LogP contribution in [0.5, 0.6) is 0 Å². The number of fused-ring (bicyclic) bond motifs is 1. The monoisotopic (exact) mass is 380 g/mol. The second kappa shape index (κ2) is 7.11. The van der Waals surface area contributed by atoms with Crippen LogP contribution < -0.4 is 10.2 Å². The van der Waals surface area contributed by atoms with Crippen LogP contribution in [0.25, 0.3) is 10.2 Å². The molecule has 0 amide bonds. The fourth-order valence-electron chi connectivity index (χ4n) is 2.69. The van der Waals surface area contributed by atoms with Crippen LogP contribution in [-0.4, -0.2) is 23.1 Å². The summed E-state index contributed by atoms with van der Waals surface area (Å²) in [4.78, 5) is 10.7. The summed E-state index contributed by atoms with van der Waals surface area (Å²) in [7, 11) is 1.74. The number of alkyl halides is 3. The molecule has 0 aliphatic rings. The van der Waals surface area contributed by atoms with Crippen molar-refractivity contribution in [2.24, 2.45) is 0 Å². The van der Waals surface area contributed by atoms with Gasteiger partial charge in [0.25, 0.3) is 0 Å². The van der Waals surface area contributed by atoms with Gasteiger partial charge in [0.1, 0.15) is 0 Å². The van der Waals surface area contributed by atoms with Crippen LogP contribution in [0, 0.1) is 0 Å². The summed E-state index contributed by atoms with van der Waals surface area (Å²) >= 11 is 1.47. The van der Waals surface area contributed by atoms with Crippen LogP contribution >= 0.6 is 11.3 Å². The average molecular weight is 380 g/mol. The Morgan fingerprint density at radius 1 is 1.15 bits per heavy atom. The zero-order valence-corrected chi connectivity index (χ0v) is 15.4. The van der Waals surface area contributed by atoms with E-state index in [-0.39, 0.29) is 18.2 Å². The lowest BCUT2D eigenvalue weighted by atomic mass is 10.1. The molecule has 3 aromatic rings. The number of aromatic nitrogens is 2. The highest BCUT2D eigenvalue weighted by Gasteiger charge is 2.33. The topological polar surface area (TPSA) is 41.1 Å². The second-order valence-corrected chi connectivity index (χ2v) is 7.23. The Morgan fingerprint density at radius 2 is 1.88 bits per heavy atom. The summed E-state index contributed by atoms with van der Waals surface area (Å²) in [5.74, 6) is 1.09. The van der Waals surface area contributed by atoms with E-state index in [1.807, 2.05) is 25.3 Å². The van der Waals surface area contributed by atoms with Crippen molar-refractivity contribution < 1.29 is 13.2 Å². The number of rotatable bonds is 5. The third-order valence-corrected chi connectivity index (χ3v) is 4.69. The molecule has 0 aliphatic heterocycles. The fraction of sp³-hybridized carbons (Fsp3) is 0.333. The normalized spacial score (nSPS) is 12.0. The van der Waals surface area contributed by atoms with Gasteiger partial charge in [-0.2, -0.15) is 18.2 Å². The minimum absolute atomic E-state index is 0.0980. The minimum Gasteiger partial charge on any atom is -0.354 e. The van der Waals surface area contributed by atoms with Crippen LogP contribution in [0.2, 0.25) is 0 Å². The predicted molar refractivity (Wildman–Crippen MR) is 99.7 cm³/mol. The van der Waals surface area contributed by atoms with Crippen molar-refractivity contribution in [3.05, 3.63) is 46.8 Å². The summed E-state index contributed by atoms with van der Waals surface area (Å²) < 4.78 is 40.6. The van der Waals surface area contributed by atoms with Crippen molar-refractivity contribution in [1.82, 2.24) is 9.97 Å². The van der Waals surface area contributed by atoms with Gasteiger partial charge in [0, 0.05) is 19.6 Å². The molecule has 0 aliphatic carbocycles. The largest absolute Gasteiger partial charge is 0.416 e. The zero-order valence-electron chi connectivity index (χ0n) is 14.6. The molecule has 0 saturated carbocycles. The van der Waals surface area contributed by atoms with E-state index in [0.717, 1.165) is 16.3 Å². The molecule has 0 saturated heterocycles. The molecule has 0 fully saturated rings. The number of hydrogen-bond donors (Lipinski definition) is 1. The molecular weight excluding hydrogens is 361 g/mol. The van der Waals surface area contributed by atoms with Gasteiger partial charge in [-0.1, -0.05) is 18.2 Å². The second-order valence-electron chi connectivity index (χ2n) is 6.32. The van der Waals surface area contributed by atoms with Crippen LogP contribution in [0.15, 0.2) is 35.7 Å². The standard InChI is InChI=1S/C18H19F3N4S/c1-11(2)22-17-23-14-8-9-26-15(14)16(24-17)25(3)10-12-6-4-5-7-13(12)18(19,20)21/h4-9,11H,10H2,1-3H3,(H,22,23,24). The molecule has 2 heterocycles. The highest BCUT2D eigenvalue weighted by atomic mass is 32.1. The molecule has 0 radical (unpaired) electrons. The molecule has 0 spiro atoms. The number of anilines is 2. The smallest absolute Gasteiger partial charge is 0.354 e. The van der Waals surface area contributed by atoms with Crippen LogP contribution in [0.1, 0.15) is 25.0 Å². The van der Waals surface area contributed by atoms with E-state index in [1.54, 1.807) is 18.0 Å². The Labute approximate surface area is 153 Å². The van der Waals surface area contributed by atoms with E-state index in [2.05, 4.69) is 15.3 Å². The molecule has 2 aromatic heterocycles. The van der Waals surface area contributed by atoms with Gasteiger partial charge in [-0.15, -0.1) is 11.3 Å². The molecule has 0 atom stereocenters. The summed E-state index contributed by atoms with van der Waals surface area (Å²) in [5, 5.41) is 5.06. The van der Waals surface area contributed by atoms with Crippen molar-refractivity contribution in [3.63, 3.8) is 0 Å². The third kappa shape index (κ3) is 3.90. The van der Waals surface area contributed by atoms with Crippen molar-refractivity contribution in [2.45, 2.75) is 32.6 Å². The maximum absolute atomic E-state index is 13.3. The zero-order chi connectivity index (χ0) is 18.9. The van der Waals surface area contributed by atoms with Gasteiger partial charge in [-0.25, -0.2) is 4.98 Å². The van der Waals surface area contributed by atoms with E-state index < -0.39 is 11.7 Å². The van der Waals surface area contributed by atoms with E-state index in [4.69, 9.17) is 0 Å². The van der Waals surface area contributed by atoms with Crippen molar-refractivity contribution in [1.29, 1.82) is 0 Å². The Morgan fingerprint density at radius 3 is 2.58 bits per heavy atom. The van der Waals surface area contributed by atoms with Crippen LogP contribution in [0.3, 0.4) is 0 Å². The quantitative estimate of drug-likeness (QED) is 0.663. The number of hydrogen-bond acceptors (Lipinski definition) is 5. The van der Waals surface area contributed by atoms with E-state index >= 15 is 0 Å². The highest BCUT2D eigenvalue weighted by molar-refractivity contribution is 7.17. The molecule has 4 nitrogen and oxygen atoms in total. The highest BCUT2D eigenvalue weighted by Crippen LogP contribution is 2.34. The summed E-state index contributed by atoms with van der Waals surface area (Å²) in [6.45, 7) is 4.05. The molecule has 1 aromatic carbocycles. The van der Waals surface area contributed by atoms with Gasteiger partial charge < -0.3 is 10.2 Å². The Balaban J connectivity index is 1.98. The number of nitrogens with one attached hydrogen (secondary N) is 1. The molecule has 138 valence electrons. The molecule has 8 heteroatoms. The van der Waals surface area contributed by atoms with E-state index in [9.17, 15) is 13.2 Å². The minimum atomic E-state index is -4.38. The first-order valence-corrected chi connectivity index (χ1v) is 9.01. The predicted octanol–water partition coefficient (Wildman–Crippen LogP) is 5.17. The van der Waals surface area contributed by atoms with Gasteiger partial charge >= 0.3 is 6.18 Å². The lowest BCUT2D eigenvalue weighted by Crippen LogP contribution is -2.22. The summed E-state index contributed by atoms with van der Waals surface area (Å²) in [6, 6.07) is 7.66. The van der Waals surface area contributed by atoms with Crippen molar-refractivity contribution in [2.75, 3.05) is 17.3 Å². The molecule has 0 bridgehead atoms. The van der Waals surface area contributed by atoms with Crippen molar-refractivity contribution >= 4 is 33.3 Å². The maximum Gasteiger partial charge on any atom is 0.416 e. The van der Waals surface area contributed by atoms with Gasteiger partial charge in [0.05, 0.1) is 15.8 Å². The summed E-state index contributed by atoms with van der Waals surface area (Å²) in [6.07, 6.45) is -4.38. The first kappa shape index (κ1) is 18.4. The molecule has 1 N–H and O–H groups in total. The Bertz CT molecular complexity index is 905. The first-order valence-electron chi connectivity index (χ1n) is 8.13. The molecule has 3 rings (SSSR count). The number of thiophene rings is 1. The number of benzene rings is 1. The lowest BCUT2D eigenvalue weighted by molar-refractivity contribution is -0.138. The number of nitrogens with zero attached hydrogens (tertiary/aromatic N) is 3. The average Bonchev–Trinajstić information content (AvgIpc) is 3.01. The maximum atomic E-state index is 13.3. The van der Waals surface area contributed by atoms with Crippen molar-refractivity contribution in [3.8, 4) is 0 Å². The third-order valence-electron chi connectivity index (χ3n) is 3.80. The first-order chi connectivity index (χ1) is 12.3.